The van der Waals surface area contributed by atoms with E-state index in [-0.39, 0.29) is 24.0 Å². The van der Waals surface area contributed by atoms with Gasteiger partial charge in [-0.2, -0.15) is 0 Å². The molecule has 172 valence electrons. The van der Waals surface area contributed by atoms with Gasteiger partial charge in [-0.05, 0) is 38.1 Å². The third-order valence-corrected chi connectivity index (χ3v) is 5.87. The monoisotopic (exact) mass is 471 g/mol. The van der Waals surface area contributed by atoms with Crippen molar-refractivity contribution < 1.29 is 23.5 Å². The average molecular weight is 472 g/mol. The van der Waals surface area contributed by atoms with Crippen LogP contribution in [-0.2, 0) is 11.3 Å². The Kier molecular flexibility index (Phi) is 6.78. The van der Waals surface area contributed by atoms with Crippen LogP contribution in [0.2, 0.25) is 0 Å². The van der Waals surface area contributed by atoms with Crippen LogP contribution in [0.4, 0.5) is 10.1 Å². The molecular weight excluding hydrogens is 449 g/mol. The van der Waals surface area contributed by atoms with Gasteiger partial charge in [-0.1, -0.05) is 23.9 Å². The fourth-order valence-electron chi connectivity index (χ4n) is 3.31. The predicted octanol–water partition coefficient (Wildman–Crippen LogP) is 3.39. The van der Waals surface area contributed by atoms with Crippen molar-refractivity contribution in [3.63, 3.8) is 0 Å². The van der Waals surface area contributed by atoms with Crippen LogP contribution in [0.25, 0.3) is 0 Å². The van der Waals surface area contributed by atoms with Crippen LogP contribution < -0.4 is 20.1 Å². The van der Waals surface area contributed by atoms with Gasteiger partial charge in [-0.15, -0.1) is 10.2 Å². The molecule has 0 saturated carbocycles. The first-order valence-electron chi connectivity index (χ1n) is 10.3. The summed E-state index contributed by atoms with van der Waals surface area (Å²) in [6, 6.07) is 10.4. The van der Waals surface area contributed by atoms with Crippen molar-refractivity contribution in [2.45, 2.75) is 31.6 Å². The molecule has 1 aliphatic rings. The van der Waals surface area contributed by atoms with Crippen LogP contribution in [0.3, 0.4) is 0 Å². The van der Waals surface area contributed by atoms with Gasteiger partial charge in [0.15, 0.2) is 22.5 Å². The highest BCUT2D eigenvalue weighted by Gasteiger charge is 2.21. The van der Waals surface area contributed by atoms with Crippen LogP contribution in [-0.4, -0.2) is 39.1 Å². The van der Waals surface area contributed by atoms with E-state index < -0.39 is 17.8 Å². The number of ether oxygens (including phenoxy) is 2. The molecule has 1 aromatic heterocycles. The summed E-state index contributed by atoms with van der Waals surface area (Å²) in [7, 11) is 0. The fourth-order valence-corrected chi connectivity index (χ4v) is 4.12. The maximum absolute atomic E-state index is 13.9. The first-order chi connectivity index (χ1) is 16.0. The number of halogens is 1. The van der Waals surface area contributed by atoms with Gasteiger partial charge in [0.1, 0.15) is 5.82 Å². The lowest BCUT2D eigenvalue weighted by molar-refractivity contribution is -0.113. The molecule has 3 aromatic rings. The van der Waals surface area contributed by atoms with E-state index in [9.17, 15) is 14.0 Å². The normalized spacial score (nSPS) is 12.9. The molecule has 0 bridgehead atoms. The largest absolute Gasteiger partial charge is 0.454 e. The number of nitrogens with zero attached hydrogens (tertiary/aromatic N) is 3. The number of benzene rings is 2. The number of fused-ring (bicyclic) bond motifs is 1. The number of amides is 2. The SMILES string of the molecule is CCn1c(SCC(=O)Nc2ccc3c(c2)OCO3)nnc1C(C)NC(=O)c1ccccc1F. The summed E-state index contributed by atoms with van der Waals surface area (Å²) >= 11 is 1.23. The molecule has 0 radical (unpaired) electrons. The molecule has 0 saturated heterocycles. The number of hydrogen-bond donors (Lipinski definition) is 2. The zero-order valence-corrected chi connectivity index (χ0v) is 18.8. The molecule has 1 aliphatic heterocycles. The number of aromatic nitrogens is 3. The zero-order chi connectivity index (χ0) is 23.4. The second kappa shape index (κ2) is 9.90. The molecule has 2 amide bonds. The third-order valence-electron chi connectivity index (χ3n) is 4.90. The lowest BCUT2D eigenvalue weighted by atomic mass is 10.2. The fraction of sp³-hybridized carbons (Fsp3) is 0.273. The van der Waals surface area contributed by atoms with Crippen LogP contribution in [0.1, 0.15) is 36.1 Å². The minimum atomic E-state index is -0.594. The van der Waals surface area contributed by atoms with Crippen molar-refractivity contribution >= 4 is 29.3 Å². The van der Waals surface area contributed by atoms with E-state index in [2.05, 4.69) is 20.8 Å². The third kappa shape index (κ3) is 5.08. The molecule has 33 heavy (non-hydrogen) atoms. The van der Waals surface area contributed by atoms with Crippen molar-refractivity contribution in [1.29, 1.82) is 0 Å². The lowest BCUT2D eigenvalue weighted by Gasteiger charge is -2.15. The van der Waals surface area contributed by atoms with Crippen molar-refractivity contribution in [1.82, 2.24) is 20.1 Å². The summed E-state index contributed by atoms with van der Waals surface area (Å²) in [4.78, 5) is 24.8. The summed E-state index contributed by atoms with van der Waals surface area (Å²) in [5.41, 5.74) is 0.564. The van der Waals surface area contributed by atoms with Crippen molar-refractivity contribution in [2.75, 3.05) is 17.9 Å². The van der Waals surface area contributed by atoms with E-state index in [1.807, 2.05) is 11.5 Å². The standard InChI is InChI=1S/C22H22FN5O4S/c1-3-28-20(13(2)24-21(30)15-6-4-5-7-16(15)23)26-27-22(28)33-11-19(29)25-14-8-9-17-18(10-14)32-12-31-17/h4-10,13H,3,11-12H2,1-2H3,(H,24,30)(H,25,29). The Morgan fingerprint density at radius 1 is 1.18 bits per heavy atom. The molecule has 0 aliphatic carbocycles. The number of carbonyl (C=O) groups is 2. The van der Waals surface area contributed by atoms with Gasteiger partial charge in [0.2, 0.25) is 12.7 Å². The van der Waals surface area contributed by atoms with Gasteiger partial charge in [0, 0.05) is 18.3 Å². The Morgan fingerprint density at radius 3 is 2.76 bits per heavy atom. The van der Waals surface area contributed by atoms with Crippen molar-refractivity contribution in [3.05, 3.63) is 59.7 Å². The molecule has 2 aromatic carbocycles. The van der Waals surface area contributed by atoms with Crippen LogP contribution in [0, 0.1) is 5.82 Å². The molecule has 2 heterocycles. The number of carbonyl (C=O) groups excluding carboxylic acids is 2. The van der Waals surface area contributed by atoms with Gasteiger partial charge in [-0.3, -0.25) is 9.59 Å². The molecule has 11 heteroatoms. The highest BCUT2D eigenvalue weighted by atomic mass is 32.2. The molecule has 1 unspecified atom stereocenters. The number of anilines is 1. The summed E-state index contributed by atoms with van der Waals surface area (Å²) in [5, 5.41) is 14.4. The average Bonchev–Trinajstić information content (AvgIpc) is 3.44. The van der Waals surface area contributed by atoms with E-state index in [0.717, 1.165) is 0 Å². The minimum Gasteiger partial charge on any atom is -0.454 e. The van der Waals surface area contributed by atoms with E-state index in [1.165, 1.54) is 30.0 Å². The number of hydrogen-bond acceptors (Lipinski definition) is 7. The second-order valence-corrected chi connectivity index (χ2v) is 8.11. The molecular formula is C22H22FN5O4S. The Morgan fingerprint density at radius 2 is 1.97 bits per heavy atom. The molecule has 1 atom stereocenters. The Balaban J connectivity index is 1.37. The predicted molar refractivity (Wildman–Crippen MR) is 120 cm³/mol. The zero-order valence-electron chi connectivity index (χ0n) is 18.0. The van der Waals surface area contributed by atoms with Gasteiger partial charge >= 0.3 is 0 Å². The van der Waals surface area contributed by atoms with E-state index in [4.69, 9.17) is 9.47 Å². The van der Waals surface area contributed by atoms with Crippen LogP contribution >= 0.6 is 11.8 Å². The van der Waals surface area contributed by atoms with Crippen molar-refractivity contribution in [3.8, 4) is 11.5 Å². The molecule has 2 N–H and O–H groups in total. The van der Waals surface area contributed by atoms with Crippen LogP contribution in [0.15, 0.2) is 47.6 Å². The second-order valence-electron chi connectivity index (χ2n) is 7.16. The van der Waals surface area contributed by atoms with E-state index in [1.54, 1.807) is 31.2 Å². The molecule has 4 rings (SSSR count). The molecule has 0 fully saturated rings. The highest BCUT2D eigenvalue weighted by Crippen LogP contribution is 2.34. The number of thioether (sulfide) groups is 1. The number of rotatable bonds is 8. The Hall–Kier alpha value is -3.60. The summed E-state index contributed by atoms with van der Waals surface area (Å²) < 4.78 is 26.3. The first-order valence-corrected chi connectivity index (χ1v) is 11.3. The maximum atomic E-state index is 13.9. The molecule has 9 nitrogen and oxygen atoms in total. The topological polar surface area (TPSA) is 107 Å². The van der Waals surface area contributed by atoms with Gasteiger partial charge < -0.3 is 24.7 Å². The Bertz CT molecular complexity index is 1190. The van der Waals surface area contributed by atoms with Gasteiger partial charge in [0.25, 0.3) is 5.91 Å². The van der Waals surface area contributed by atoms with E-state index >= 15 is 0 Å². The maximum Gasteiger partial charge on any atom is 0.254 e. The lowest BCUT2D eigenvalue weighted by Crippen LogP contribution is -2.29. The summed E-state index contributed by atoms with van der Waals surface area (Å²) in [6.07, 6.45) is 0. The first kappa shape index (κ1) is 22.6. The minimum absolute atomic E-state index is 0.0401. The number of nitrogens with one attached hydrogen (secondary N) is 2. The van der Waals surface area contributed by atoms with Crippen LogP contribution in [0.5, 0.6) is 11.5 Å². The van der Waals surface area contributed by atoms with Gasteiger partial charge in [-0.25, -0.2) is 4.39 Å². The highest BCUT2D eigenvalue weighted by molar-refractivity contribution is 7.99. The quantitative estimate of drug-likeness (QED) is 0.485. The smallest absolute Gasteiger partial charge is 0.254 e. The van der Waals surface area contributed by atoms with Crippen molar-refractivity contribution in [2.24, 2.45) is 0 Å². The molecule has 0 spiro atoms. The van der Waals surface area contributed by atoms with E-state index in [0.29, 0.717) is 34.7 Å². The van der Waals surface area contributed by atoms with Gasteiger partial charge in [0.05, 0.1) is 17.4 Å². The summed E-state index contributed by atoms with van der Waals surface area (Å²) in [5.74, 6) is 0.507. The Labute approximate surface area is 193 Å². The summed E-state index contributed by atoms with van der Waals surface area (Å²) in [6.45, 7) is 4.36.